The number of nitrogens with one attached hydrogen (secondary N) is 1. The van der Waals surface area contributed by atoms with Crippen molar-refractivity contribution in [2.75, 3.05) is 6.54 Å². The van der Waals surface area contributed by atoms with E-state index in [-0.39, 0.29) is 11.6 Å². The molecular weight excluding hydrogens is 285 g/mol. The maximum atomic E-state index is 12.9. The summed E-state index contributed by atoms with van der Waals surface area (Å²) in [4.78, 5) is 22.4. The van der Waals surface area contributed by atoms with E-state index in [4.69, 9.17) is 16.7 Å². The summed E-state index contributed by atoms with van der Waals surface area (Å²) in [6, 6.07) is 4.07. The number of hydrogen-bond acceptors (Lipinski definition) is 2. The van der Waals surface area contributed by atoms with Crippen molar-refractivity contribution in [2.45, 2.75) is 13.8 Å². The number of amides is 1. The van der Waals surface area contributed by atoms with Crippen LogP contribution in [0.2, 0.25) is 5.02 Å². The molecule has 6 heteroatoms. The van der Waals surface area contributed by atoms with E-state index in [1.54, 1.807) is 0 Å². The molecule has 0 radical (unpaired) electrons. The number of hydrogen-bond donors (Lipinski definition) is 2. The van der Waals surface area contributed by atoms with Crippen molar-refractivity contribution < 1.29 is 19.1 Å². The van der Waals surface area contributed by atoms with E-state index in [1.165, 1.54) is 44.2 Å². The highest BCUT2D eigenvalue weighted by molar-refractivity contribution is 6.30. The molecule has 0 aromatic heterocycles. The topological polar surface area (TPSA) is 66.4 Å². The first-order valence-corrected chi connectivity index (χ1v) is 6.24. The number of carbonyl (C=O) groups excluding carboxylic acids is 1. The fourth-order valence-corrected chi connectivity index (χ4v) is 1.42. The minimum Gasteiger partial charge on any atom is -0.481 e. The lowest BCUT2D eigenvalue weighted by atomic mass is 9.94. The van der Waals surface area contributed by atoms with Crippen LogP contribution in [0.15, 0.2) is 24.3 Å². The highest BCUT2D eigenvalue weighted by Crippen LogP contribution is 2.17. The van der Waals surface area contributed by atoms with Crippen LogP contribution in [0, 0.1) is 11.2 Å². The molecule has 0 aliphatic heterocycles. The van der Waals surface area contributed by atoms with Crippen LogP contribution in [-0.2, 0) is 9.59 Å². The molecule has 1 aromatic rings. The number of carbonyl (C=O) groups is 2. The Kier molecular flexibility index (Phi) is 5.27. The first-order chi connectivity index (χ1) is 9.22. The molecule has 0 heterocycles. The van der Waals surface area contributed by atoms with Gasteiger partial charge in [0.25, 0.3) is 0 Å². The summed E-state index contributed by atoms with van der Waals surface area (Å²) >= 11 is 5.61. The molecule has 1 aromatic carbocycles. The second-order valence-corrected chi connectivity index (χ2v) is 5.32. The zero-order valence-corrected chi connectivity index (χ0v) is 11.9. The molecule has 0 bridgehead atoms. The molecule has 1 amide bonds. The summed E-state index contributed by atoms with van der Waals surface area (Å²) in [7, 11) is 0. The van der Waals surface area contributed by atoms with E-state index < -0.39 is 23.1 Å². The normalized spacial score (nSPS) is 11.6. The molecule has 2 N–H and O–H groups in total. The lowest BCUT2D eigenvalue weighted by Gasteiger charge is -2.18. The monoisotopic (exact) mass is 299 g/mol. The van der Waals surface area contributed by atoms with Crippen LogP contribution in [0.25, 0.3) is 6.08 Å². The van der Waals surface area contributed by atoms with E-state index in [1.807, 2.05) is 0 Å². The summed E-state index contributed by atoms with van der Waals surface area (Å²) in [6.07, 6.45) is 2.70. The second-order valence-electron chi connectivity index (χ2n) is 4.91. The second kappa shape index (κ2) is 6.52. The Bertz CT molecular complexity index is 555. The Hall–Kier alpha value is -1.88. The average Bonchev–Trinajstić information content (AvgIpc) is 2.37. The van der Waals surface area contributed by atoms with E-state index in [0.29, 0.717) is 5.56 Å². The third kappa shape index (κ3) is 4.66. The molecule has 0 unspecified atom stereocenters. The molecule has 20 heavy (non-hydrogen) atoms. The predicted octanol–water partition coefficient (Wildman–Crippen LogP) is 2.72. The highest BCUT2D eigenvalue weighted by Gasteiger charge is 2.27. The molecular formula is C14H15ClFNO3. The first kappa shape index (κ1) is 16.2. The Balaban J connectivity index is 2.60. The van der Waals surface area contributed by atoms with Crippen LogP contribution < -0.4 is 5.32 Å². The molecule has 0 saturated heterocycles. The zero-order chi connectivity index (χ0) is 15.3. The van der Waals surface area contributed by atoms with Crippen molar-refractivity contribution in [2.24, 2.45) is 5.41 Å². The maximum absolute atomic E-state index is 12.9. The van der Waals surface area contributed by atoms with Crippen molar-refractivity contribution in [3.05, 3.63) is 40.7 Å². The van der Waals surface area contributed by atoms with Crippen molar-refractivity contribution >= 4 is 29.6 Å². The minimum absolute atomic E-state index is 0.00960. The van der Waals surface area contributed by atoms with Crippen LogP contribution in [-0.4, -0.2) is 23.5 Å². The Morgan fingerprint density at radius 3 is 2.65 bits per heavy atom. The summed E-state index contributed by atoms with van der Waals surface area (Å²) in [5, 5.41) is 11.4. The van der Waals surface area contributed by atoms with Crippen LogP contribution in [0.4, 0.5) is 4.39 Å². The zero-order valence-electron chi connectivity index (χ0n) is 11.1. The molecule has 0 atom stereocenters. The van der Waals surface area contributed by atoms with E-state index >= 15 is 0 Å². The van der Waals surface area contributed by atoms with Gasteiger partial charge in [0.1, 0.15) is 5.82 Å². The van der Waals surface area contributed by atoms with Gasteiger partial charge in [-0.2, -0.15) is 0 Å². The lowest BCUT2D eigenvalue weighted by Crippen LogP contribution is -2.38. The van der Waals surface area contributed by atoms with Crippen LogP contribution >= 0.6 is 11.6 Å². The lowest BCUT2D eigenvalue weighted by molar-refractivity contribution is -0.146. The minimum atomic E-state index is -1.04. The number of benzene rings is 1. The number of carboxylic acids is 1. The van der Waals surface area contributed by atoms with Crippen molar-refractivity contribution in [3.63, 3.8) is 0 Å². The summed E-state index contributed by atoms with van der Waals surface area (Å²) in [6.45, 7) is 3.04. The van der Waals surface area contributed by atoms with Crippen molar-refractivity contribution in [1.82, 2.24) is 5.32 Å². The third-order valence-corrected chi connectivity index (χ3v) is 2.94. The summed E-state index contributed by atoms with van der Waals surface area (Å²) < 4.78 is 12.9. The quantitative estimate of drug-likeness (QED) is 0.822. The number of halogens is 2. The standard InChI is InChI=1S/C14H15ClFNO3/c1-14(2,13(19)20)8-17-12(18)6-4-9-3-5-11(16)10(15)7-9/h3-7H,8H2,1-2H3,(H,17,18)(H,19,20)/b6-4+. The largest absolute Gasteiger partial charge is 0.481 e. The fourth-order valence-electron chi connectivity index (χ4n) is 1.23. The number of rotatable bonds is 5. The first-order valence-electron chi connectivity index (χ1n) is 5.87. The van der Waals surface area contributed by atoms with Gasteiger partial charge < -0.3 is 10.4 Å². The Morgan fingerprint density at radius 2 is 2.10 bits per heavy atom. The Morgan fingerprint density at radius 1 is 1.45 bits per heavy atom. The summed E-state index contributed by atoms with van der Waals surface area (Å²) in [5.74, 6) is -1.96. The van der Waals surface area contributed by atoms with Gasteiger partial charge >= 0.3 is 5.97 Å². The number of aliphatic carboxylic acids is 1. The van der Waals surface area contributed by atoms with E-state index in [2.05, 4.69) is 5.32 Å². The van der Waals surface area contributed by atoms with Gasteiger partial charge in [-0.25, -0.2) is 4.39 Å². The molecule has 0 aliphatic rings. The van der Waals surface area contributed by atoms with Gasteiger partial charge in [-0.1, -0.05) is 17.7 Å². The van der Waals surface area contributed by atoms with Gasteiger partial charge in [0.05, 0.1) is 10.4 Å². The molecule has 0 aliphatic carbocycles. The third-order valence-electron chi connectivity index (χ3n) is 2.65. The van der Waals surface area contributed by atoms with Gasteiger partial charge in [-0.3, -0.25) is 9.59 Å². The Labute approximate surface area is 121 Å². The van der Waals surface area contributed by atoms with Gasteiger partial charge in [-0.05, 0) is 37.6 Å². The van der Waals surface area contributed by atoms with Crippen molar-refractivity contribution in [1.29, 1.82) is 0 Å². The predicted molar refractivity (Wildman–Crippen MR) is 74.9 cm³/mol. The average molecular weight is 300 g/mol. The van der Waals surface area contributed by atoms with Crippen LogP contribution in [0.1, 0.15) is 19.4 Å². The smallest absolute Gasteiger partial charge is 0.310 e. The molecule has 4 nitrogen and oxygen atoms in total. The van der Waals surface area contributed by atoms with Crippen LogP contribution in [0.3, 0.4) is 0 Å². The van der Waals surface area contributed by atoms with Gasteiger partial charge in [0, 0.05) is 12.6 Å². The molecule has 1 rings (SSSR count). The number of carboxylic acid groups (broad SMARTS) is 1. The molecule has 0 saturated carbocycles. The molecule has 108 valence electrons. The maximum Gasteiger partial charge on any atom is 0.310 e. The van der Waals surface area contributed by atoms with Gasteiger partial charge in [-0.15, -0.1) is 0 Å². The van der Waals surface area contributed by atoms with Gasteiger partial charge in [0.15, 0.2) is 0 Å². The fraction of sp³-hybridized carbons (Fsp3) is 0.286. The highest BCUT2D eigenvalue weighted by atomic mass is 35.5. The van der Waals surface area contributed by atoms with E-state index in [0.717, 1.165) is 0 Å². The summed E-state index contributed by atoms with van der Waals surface area (Å²) in [5.41, 5.74) is -0.466. The van der Waals surface area contributed by atoms with Crippen molar-refractivity contribution in [3.8, 4) is 0 Å². The molecule has 0 spiro atoms. The van der Waals surface area contributed by atoms with Gasteiger partial charge in [0.2, 0.25) is 5.91 Å². The molecule has 0 fully saturated rings. The van der Waals surface area contributed by atoms with E-state index in [9.17, 15) is 14.0 Å². The SMILES string of the molecule is CC(C)(CNC(=O)/C=C/c1ccc(F)c(Cl)c1)C(=O)O. The van der Waals surface area contributed by atoms with Crippen LogP contribution in [0.5, 0.6) is 0 Å².